The van der Waals surface area contributed by atoms with Gasteiger partial charge in [-0.05, 0) is 26.0 Å². The summed E-state index contributed by atoms with van der Waals surface area (Å²) in [5, 5.41) is 0. The van der Waals surface area contributed by atoms with Crippen molar-refractivity contribution in [1.82, 2.24) is 4.98 Å². The van der Waals surface area contributed by atoms with E-state index in [0.717, 1.165) is 11.4 Å². The Balaban J connectivity index is 2.81. The van der Waals surface area contributed by atoms with Gasteiger partial charge in [-0.3, -0.25) is 4.98 Å². The molecule has 0 N–H and O–H groups in total. The second-order valence-corrected chi connectivity index (χ2v) is 2.02. The molecule has 0 bridgehead atoms. The molecule has 0 saturated heterocycles. The lowest BCUT2D eigenvalue weighted by molar-refractivity contribution is 0.336. The average molecular weight is 137 g/mol. The Bertz CT molecular complexity index is 210. The van der Waals surface area contributed by atoms with E-state index in [1.165, 1.54) is 0 Å². The Morgan fingerprint density at radius 1 is 1.60 bits per heavy atom. The first-order valence-electron chi connectivity index (χ1n) is 3.39. The van der Waals surface area contributed by atoms with Gasteiger partial charge in [0.1, 0.15) is 5.75 Å². The van der Waals surface area contributed by atoms with Crippen molar-refractivity contribution in [3.63, 3.8) is 0 Å². The second kappa shape index (κ2) is 3.20. The van der Waals surface area contributed by atoms with E-state index in [-0.39, 0.29) is 0 Å². The Morgan fingerprint density at radius 3 is 3.00 bits per heavy atom. The van der Waals surface area contributed by atoms with E-state index < -0.39 is 0 Å². The molecule has 2 heteroatoms. The Morgan fingerprint density at radius 2 is 2.40 bits per heavy atom. The summed E-state index contributed by atoms with van der Waals surface area (Å²) >= 11 is 0. The van der Waals surface area contributed by atoms with E-state index in [1.807, 2.05) is 26.0 Å². The highest BCUT2D eigenvalue weighted by atomic mass is 16.5. The monoisotopic (exact) mass is 137 g/mol. The fraction of sp³-hybridized carbons (Fsp3) is 0.375. The Hall–Kier alpha value is -1.05. The topological polar surface area (TPSA) is 22.1 Å². The van der Waals surface area contributed by atoms with Crippen LogP contribution in [0.2, 0.25) is 0 Å². The molecule has 0 unspecified atom stereocenters. The number of aromatic nitrogens is 1. The van der Waals surface area contributed by atoms with Crippen molar-refractivity contribution >= 4 is 0 Å². The number of hydrogen-bond donors (Lipinski definition) is 0. The molecule has 0 fully saturated rings. The molecule has 0 amide bonds. The smallest absolute Gasteiger partial charge is 0.140 e. The van der Waals surface area contributed by atoms with Crippen molar-refractivity contribution in [3.8, 4) is 5.75 Å². The molecule has 0 aromatic carbocycles. The zero-order chi connectivity index (χ0) is 7.40. The van der Waals surface area contributed by atoms with Gasteiger partial charge in [-0.25, -0.2) is 0 Å². The van der Waals surface area contributed by atoms with Crippen LogP contribution in [-0.4, -0.2) is 11.6 Å². The highest BCUT2D eigenvalue weighted by molar-refractivity contribution is 5.24. The van der Waals surface area contributed by atoms with Crippen molar-refractivity contribution in [2.75, 3.05) is 6.61 Å². The molecule has 1 aromatic heterocycles. The van der Waals surface area contributed by atoms with Gasteiger partial charge in [0.05, 0.1) is 12.3 Å². The maximum absolute atomic E-state index is 5.27. The summed E-state index contributed by atoms with van der Waals surface area (Å²) in [6, 6.07) is 3.80. The van der Waals surface area contributed by atoms with Crippen LogP contribution in [-0.2, 0) is 0 Å². The van der Waals surface area contributed by atoms with Crippen LogP contribution in [0, 0.1) is 6.92 Å². The minimum Gasteiger partial charge on any atom is -0.492 e. The fourth-order valence-electron chi connectivity index (χ4n) is 0.778. The van der Waals surface area contributed by atoms with Gasteiger partial charge >= 0.3 is 0 Å². The Kier molecular flexibility index (Phi) is 2.26. The van der Waals surface area contributed by atoms with Crippen LogP contribution >= 0.6 is 0 Å². The summed E-state index contributed by atoms with van der Waals surface area (Å²) < 4.78 is 5.27. The minimum atomic E-state index is 0.701. The van der Waals surface area contributed by atoms with E-state index in [9.17, 15) is 0 Å². The van der Waals surface area contributed by atoms with Gasteiger partial charge < -0.3 is 4.74 Å². The summed E-state index contributed by atoms with van der Waals surface area (Å²) in [6.45, 7) is 4.60. The van der Waals surface area contributed by atoms with Crippen molar-refractivity contribution in [3.05, 3.63) is 24.0 Å². The summed E-state index contributed by atoms with van der Waals surface area (Å²) in [4.78, 5) is 4.07. The molecule has 0 radical (unpaired) electrons. The third-order valence-corrected chi connectivity index (χ3v) is 1.26. The van der Waals surface area contributed by atoms with E-state index in [0.29, 0.717) is 6.61 Å². The number of hydrogen-bond acceptors (Lipinski definition) is 2. The second-order valence-electron chi connectivity index (χ2n) is 2.02. The van der Waals surface area contributed by atoms with Crippen LogP contribution in [0.5, 0.6) is 5.75 Å². The molecule has 0 saturated carbocycles. The van der Waals surface area contributed by atoms with E-state index in [4.69, 9.17) is 4.74 Å². The quantitative estimate of drug-likeness (QED) is 0.620. The third kappa shape index (κ3) is 1.47. The number of rotatable bonds is 2. The van der Waals surface area contributed by atoms with Crippen molar-refractivity contribution in [2.24, 2.45) is 0 Å². The molecule has 54 valence electrons. The standard InChI is InChI=1S/C8H11NO/c1-3-10-8-5-4-6-9-7(8)2/h4-6H,3H2,1-2H3. The van der Waals surface area contributed by atoms with Crippen LogP contribution in [0.1, 0.15) is 12.6 Å². The molecule has 1 aromatic rings. The lowest BCUT2D eigenvalue weighted by Crippen LogP contribution is -1.94. The molecular weight excluding hydrogens is 126 g/mol. The zero-order valence-corrected chi connectivity index (χ0v) is 6.29. The van der Waals surface area contributed by atoms with Crippen molar-refractivity contribution < 1.29 is 4.74 Å². The van der Waals surface area contributed by atoms with E-state index in [2.05, 4.69) is 4.98 Å². The average Bonchev–Trinajstić information content (AvgIpc) is 1.94. The van der Waals surface area contributed by atoms with Gasteiger partial charge in [0.25, 0.3) is 0 Å². The van der Waals surface area contributed by atoms with Crippen LogP contribution in [0.25, 0.3) is 0 Å². The van der Waals surface area contributed by atoms with Gasteiger partial charge in [0.2, 0.25) is 0 Å². The number of ether oxygens (including phenoxy) is 1. The van der Waals surface area contributed by atoms with Gasteiger partial charge in [-0.2, -0.15) is 0 Å². The van der Waals surface area contributed by atoms with E-state index >= 15 is 0 Å². The minimum absolute atomic E-state index is 0.701. The predicted molar refractivity (Wildman–Crippen MR) is 40.1 cm³/mol. The molecule has 1 rings (SSSR count). The molecular formula is C8H11NO. The molecule has 0 aliphatic carbocycles. The number of nitrogens with zero attached hydrogens (tertiary/aromatic N) is 1. The molecule has 1 heterocycles. The summed E-state index contributed by atoms with van der Waals surface area (Å²) in [5.74, 6) is 0.880. The predicted octanol–water partition coefficient (Wildman–Crippen LogP) is 1.79. The van der Waals surface area contributed by atoms with Crippen LogP contribution in [0.3, 0.4) is 0 Å². The van der Waals surface area contributed by atoms with Crippen LogP contribution in [0.4, 0.5) is 0 Å². The first-order valence-corrected chi connectivity index (χ1v) is 3.39. The SMILES string of the molecule is CCOc1cccnc1C. The first kappa shape index (κ1) is 7.06. The lowest BCUT2D eigenvalue weighted by Gasteiger charge is -2.03. The maximum atomic E-state index is 5.27. The first-order chi connectivity index (χ1) is 4.84. The largest absolute Gasteiger partial charge is 0.492 e. The maximum Gasteiger partial charge on any atom is 0.140 e. The van der Waals surface area contributed by atoms with Crippen LogP contribution < -0.4 is 4.74 Å². The zero-order valence-electron chi connectivity index (χ0n) is 6.29. The summed E-state index contributed by atoms with van der Waals surface area (Å²) in [5.41, 5.74) is 0.948. The number of aryl methyl sites for hydroxylation is 1. The Labute approximate surface area is 60.9 Å². The van der Waals surface area contributed by atoms with Crippen LogP contribution in [0.15, 0.2) is 18.3 Å². The molecule has 0 atom stereocenters. The molecule has 0 aliphatic rings. The van der Waals surface area contributed by atoms with Crippen molar-refractivity contribution in [2.45, 2.75) is 13.8 Å². The van der Waals surface area contributed by atoms with Gasteiger partial charge in [0, 0.05) is 6.20 Å². The van der Waals surface area contributed by atoms with E-state index in [1.54, 1.807) is 6.20 Å². The normalized spacial score (nSPS) is 9.40. The van der Waals surface area contributed by atoms with Crippen molar-refractivity contribution in [1.29, 1.82) is 0 Å². The summed E-state index contributed by atoms with van der Waals surface area (Å²) in [7, 11) is 0. The molecule has 0 aliphatic heterocycles. The van der Waals surface area contributed by atoms with Gasteiger partial charge in [-0.15, -0.1) is 0 Å². The lowest BCUT2D eigenvalue weighted by atomic mass is 10.3. The molecule has 0 spiro atoms. The fourth-order valence-corrected chi connectivity index (χ4v) is 0.778. The third-order valence-electron chi connectivity index (χ3n) is 1.26. The highest BCUT2D eigenvalue weighted by Gasteiger charge is 1.94. The van der Waals surface area contributed by atoms with Gasteiger partial charge in [-0.1, -0.05) is 0 Å². The van der Waals surface area contributed by atoms with Gasteiger partial charge in [0.15, 0.2) is 0 Å². The highest BCUT2D eigenvalue weighted by Crippen LogP contribution is 2.12. The molecule has 10 heavy (non-hydrogen) atoms. The number of pyridine rings is 1. The summed E-state index contributed by atoms with van der Waals surface area (Å²) in [6.07, 6.45) is 1.76. The molecule has 2 nitrogen and oxygen atoms in total.